The second-order valence-electron chi connectivity index (χ2n) is 11.3. The Labute approximate surface area is 248 Å². The van der Waals surface area contributed by atoms with Crippen molar-refractivity contribution in [3.05, 3.63) is 79.3 Å². The minimum Gasteiger partial charge on any atom is -0.358 e. The lowest BCUT2D eigenvalue weighted by atomic mass is 10.1. The number of aromatic nitrogens is 1. The van der Waals surface area contributed by atoms with Gasteiger partial charge in [-0.15, -0.1) is 22.7 Å². The standard InChI is InChI=1S/C37H45NS2/c1-3-5-7-9-11-13-15-17-19-30-23-28-25-33-32-26-29-24-31(20-18-16-14-12-10-8-6-4-2)39-35(29)21-22-36(32)40-37(33)27-34(28)38-30/h11-14,21,23-27,38H,3-10,15-20H2,1-2H3/b13-11-,14-12-. The average Bonchev–Trinajstić information content (AvgIpc) is 3.61. The maximum Gasteiger partial charge on any atom is 0.0774 e. The highest BCUT2D eigenvalue weighted by Crippen LogP contribution is 2.29. The third-order valence-electron chi connectivity index (χ3n) is 7.89. The Balaban J connectivity index is 1.24. The van der Waals surface area contributed by atoms with Crippen LogP contribution in [0.15, 0.2) is 48.6 Å². The van der Waals surface area contributed by atoms with E-state index in [1.165, 1.54) is 129 Å². The molecule has 0 bridgehead atoms. The van der Waals surface area contributed by atoms with E-state index in [2.05, 4.69) is 85.3 Å². The van der Waals surface area contributed by atoms with Crippen molar-refractivity contribution in [2.75, 3.05) is 0 Å². The Morgan fingerprint density at radius 2 is 1.45 bits per heavy atom. The molecule has 1 N–H and O–H groups in total. The van der Waals surface area contributed by atoms with Crippen molar-refractivity contribution in [2.24, 2.45) is 0 Å². The van der Waals surface area contributed by atoms with E-state index in [1.807, 2.05) is 22.7 Å². The fourth-order valence-electron chi connectivity index (χ4n) is 5.60. The van der Waals surface area contributed by atoms with Crippen LogP contribution in [0.4, 0.5) is 0 Å². The Kier molecular flexibility index (Phi) is 10.8. The largest absolute Gasteiger partial charge is 0.358 e. The quantitative estimate of drug-likeness (QED) is 0.0901. The molecule has 0 radical (unpaired) electrons. The molecule has 3 heteroatoms. The molecule has 3 aromatic heterocycles. The number of hydrogen-bond donors (Lipinski definition) is 1. The third-order valence-corrected chi connectivity index (χ3v) is 10.1. The maximum atomic E-state index is 3.70. The van der Waals surface area contributed by atoms with E-state index >= 15 is 0 Å². The first-order valence-electron chi connectivity index (χ1n) is 15.7. The number of H-pyrrole nitrogens is 1. The molecule has 4 aromatic rings. The molecular formula is C37H45NS2. The van der Waals surface area contributed by atoms with E-state index in [9.17, 15) is 0 Å². The number of benzene rings is 1. The van der Waals surface area contributed by atoms with Crippen LogP contribution in [0.3, 0.4) is 0 Å². The van der Waals surface area contributed by atoms with Gasteiger partial charge in [0.15, 0.2) is 0 Å². The fourth-order valence-corrected chi connectivity index (χ4v) is 7.74. The first kappa shape index (κ1) is 28.9. The van der Waals surface area contributed by atoms with Gasteiger partial charge in [-0.05, 0) is 106 Å². The predicted octanol–water partition coefficient (Wildman–Crippen LogP) is 10.6. The van der Waals surface area contributed by atoms with E-state index < -0.39 is 0 Å². The van der Waals surface area contributed by atoms with Crippen LogP contribution in [-0.4, -0.2) is 4.98 Å². The highest BCUT2D eigenvalue weighted by Gasteiger charge is 2.11. The van der Waals surface area contributed by atoms with Gasteiger partial charge in [-0.2, -0.15) is 0 Å². The van der Waals surface area contributed by atoms with Crippen molar-refractivity contribution < 1.29 is 0 Å². The van der Waals surface area contributed by atoms with E-state index in [-0.39, 0.29) is 0 Å². The molecular weight excluding hydrogens is 523 g/mol. The molecule has 0 aliphatic heterocycles. The summed E-state index contributed by atoms with van der Waals surface area (Å²) in [5, 5.41) is 4.03. The molecule has 0 spiro atoms. The Hall–Kier alpha value is -2.58. The van der Waals surface area contributed by atoms with Crippen LogP contribution in [0, 0.1) is 0 Å². The smallest absolute Gasteiger partial charge is 0.0774 e. The van der Waals surface area contributed by atoms with Gasteiger partial charge in [-0.25, -0.2) is 0 Å². The number of allylic oxidation sites excluding steroid dienone is 4. The zero-order valence-corrected chi connectivity index (χ0v) is 26.1. The van der Waals surface area contributed by atoms with Crippen molar-refractivity contribution in [2.45, 2.75) is 104 Å². The summed E-state index contributed by atoms with van der Waals surface area (Å²) < 4.78 is 2.61. The summed E-state index contributed by atoms with van der Waals surface area (Å²) in [4.78, 5) is 6.55. The first-order chi connectivity index (χ1) is 19.7. The Morgan fingerprint density at radius 1 is 0.750 bits per heavy atom. The van der Waals surface area contributed by atoms with Crippen LogP contribution in [0.25, 0.3) is 38.9 Å². The summed E-state index contributed by atoms with van der Waals surface area (Å²) in [5.41, 5.74) is 7.62. The number of fused-ring (bicyclic) bond motifs is 5. The predicted molar refractivity (Wildman–Crippen MR) is 181 cm³/mol. The monoisotopic (exact) mass is 567 g/mol. The van der Waals surface area contributed by atoms with Gasteiger partial charge in [-0.1, -0.05) is 69.6 Å². The molecule has 0 atom stereocenters. The normalized spacial score (nSPS) is 12.8. The fraction of sp³-hybridized carbons (Fsp3) is 0.432. The van der Waals surface area contributed by atoms with Gasteiger partial charge >= 0.3 is 0 Å². The SMILES string of the molecule is CCCCC/C=C\CCCc1cc2cc3c4c(sc3cc2[nH]1)=C=Cc1sc(CCC/C=C\CCCCC)cc1C=4. The van der Waals surface area contributed by atoms with Gasteiger partial charge in [0.1, 0.15) is 0 Å². The van der Waals surface area contributed by atoms with E-state index in [4.69, 9.17) is 0 Å². The highest BCUT2D eigenvalue weighted by molar-refractivity contribution is 7.17. The maximum absolute atomic E-state index is 3.70. The van der Waals surface area contributed by atoms with Crippen molar-refractivity contribution in [1.82, 2.24) is 4.98 Å². The zero-order chi connectivity index (χ0) is 27.6. The van der Waals surface area contributed by atoms with Crippen molar-refractivity contribution in [3.8, 4) is 0 Å². The van der Waals surface area contributed by atoms with Crippen molar-refractivity contribution in [1.29, 1.82) is 0 Å². The minimum absolute atomic E-state index is 1.11. The third kappa shape index (κ3) is 7.58. The molecule has 1 aliphatic rings. The number of hydrogen-bond acceptors (Lipinski definition) is 2. The lowest BCUT2D eigenvalue weighted by Crippen LogP contribution is -2.16. The summed E-state index contributed by atoms with van der Waals surface area (Å²) in [5.74, 6) is 0. The van der Waals surface area contributed by atoms with E-state index in [0.29, 0.717) is 0 Å². The van der Waals surface area contributed by atoms with E-state index in [0.717, 1.165) is 12.8 Å². The van der Waals surface area contributed by atoms with Gasteiger partial charge < -0.3 is 4.98 Å². The molecule has 1 aliphatic carbocycles. The van der Waals surface area contributed by atoms with Crippen LogP contribution in [0.2, 0.25) is 0 Å². The second-order valence-corrected chi connectivity index (χ2v) is 13.5. The number of thiophene rings is 2. The minimum atomic E-state index is 1.11. The molecule has 5 rings (SSSR count). The molecule has 210 valence electrons. The summed E-state index contributed by atoms with van der Waals surface area (Å²) in [6.07, 6.45) is 31.6. The number of aromatic amines is 1. The van der Waals surface area contributed by atoms with Crippen LogP contribution >= 0.6 is 22.7 Å². The van der Waals surface area contributed by atoms with Crippen molar-refractivity contribution >= 4 is 61.5 Å². The van der Waals surface area contributed by atoms with Crippen LogP contribution in [0.1, 0.15) is 112 Å². The molecule has 0 saturated carbocycles. The topological polar surface area (TPSA) is 15.8 Å². The Morgan fingerprint density at radius 3 is 2.17 bits per heavy atom. The average molecular weight is 568 g/mol. The van der Waals surface area contributed by atoms with Gasteiger partial charge in [0.25, 0.3) is 0 Å². The summed E-state index contributed by atoms with van der Waals surface area (Å²) in [7, 11) is 0. The molecule has 40 heavy (non-hydrogen) atoms. The number of rotatable bonds is 16. The lowest BCUT2D eigenvalue weighted by Gasteiger charge is -1.95. The molecule has 3 heterocycles. The molecule has 0 amide bonds. The molecule has 0 saturated heterocycles. The molecule has 0 fully saturated rings. The highest BCUT2D eigenvalue weighted by atomic mass is 32.1. The molecule has 1 aromatic carbocycles. The van der Waals surface area contributed by atoms with Crippen LogP contribution in [0.5, 0.6) is 0 Å². The summed E-state index contributed by atoms with van der Waals surface area (Å²) >= 11 is 3.81. The van der Waals surface area contributed by atoms with Gasteiger partial charge in [0.05, 0.1) is 4.53 Å². The van der Waals surface area contributed by atoms with Crippen molar-refractivity contribution in [3.63, 3.8) is 0 Å². The van der Waals surface area contributed by atoms with E-state index in [1.54, 1.807) is 0 Å². The lowest BCUT2D eigenvalue weighted by molar-refractivity contribution is 0.726. The van der Waals surface area contributed by atoms with Crippen LogP contribution in [-0.2, 0) is 12.8 Å². The number of unbranched alkanes of at least 4 members (excludes halogenated alkanes) is 8. The van der Waals surface area contributed by atoms with Gasteiger partial charge in [0.2, 0.25) is 0 Å². The summed E-state index contributed by atoms with van der Waals surface area (Å²) in [6.45, 7) is 4.54. The Bertz CT molecular complexity index is 1610. The number of nitrogens with one attached hydrogen (secondary N) is 1. The second kappa shape index (κ2) is 14.9. The molecule has 0 unspecified atom stereocenters. The van der Waals surface area contributed by atoms with Gasteiger partial charge in [-0.3, -0.25) is 0 Å². The first-order valence-corrected chi connectivity index (χ1v) is 17.3. The van der Waals surface area contributed by atoms with Crippen LogP contribution < -0.4 is 9.75 Å². The van der Waals surface area contributed by atoms with Gasteiger partial charge in [0, 0.05) is 41.7 Å². The molecule has 1 nitrogen and oxygen atoms in total. The zero-order valence-electron chi connectivity index (χ0n) is 24.5. The number of aryl methyl sites for hydroxylation is 2. The summed E-state index contributed by atoms with van der Waals surface area (Å²) in [6, 6.07) is 9.54.